The summed E-state index contributed by atoms with van der Waals surface area (Å²) in [6, 6.07) is 24.3. The Balaban J connectivity index is 0.000000449. The predicted octanol–water partition coefficient (Wildman–Crippen LogP) is 7.65. The zero-order chi connectivity index (χ0) is 92.4. The van der Waals surface area contributed by atoms with E-state index in [4.69, 9.17) is 101 Å². The molecule has 6 rings (SSSR count). The summed E-state index contributed by atoms with van der Waals surface area (Å²) in [5.41, 5.74) is 96.9. The van der Waals surface area contributed by atoms with Gasteiger partial charge >= 0.3 is 0 Å². The Morgan fingerprint density at radius 2 is 0.629 bits per heavy atom. The van der Waals surface area contributed by atoms with Crippen molar-refractivity contribution in [1.82, 2.24) is 0 Å². The molecule has 0 aliphatic rings. The van der Waals surface area contributed by atoms with Gasteiger partial charge in [0.15, 0.2) is 35.8 Å². The Labute approximate surface area is 743 Å². The fourth-order valence-electron chi connectivity index (χ4n) is 11.5. The molecule has 0 fully saturated rings. The van der Waals surface area contributed by atoms with Gasteiger partial charge in [-0.3, -0.25) is 48.7 Å². The quantitative estimate of drug-likeness (QED) is 0.00756. The van der Waals surface area contributed by atoms with E-state index in [1.54, 1.807) is 18.2 Å². The van der Waals surface area contributed by atoms with Crippen LogP contribution in [0.4, 0.5) is 45.5 Å². The predicted molar refractivity (Wildman–Crippen MR) is 514 cm³/mol. The molecule has 40 heteroatoms. The van der Waals surface area contributed by atoms with Gasteiger partial charge in [0.1, 0.15) is 24.7 Å². The van der Waals surface area contributed by atoms with Crippen LogP contribution in [0.3, 0.4) is 0 Å². The van der Waals surface area contributed by atoms with E-state index in [1.807, 2.05) is 132 Å². The van der Waals surface area contributed by atoms with Crippen molar-refractivity contribution in [3.8, 4) is 11.5 Å². The van der Waals surface area contributed by atoms with E-state index in [2.05, 4.69) is 61.9 Å². The maximum absolute atomic E-state index is 14.5. The van der Waals surface area contributed by atoms with Gasteiger partial charge in [0, 0.05) is 92.3 Å². The molecule has 0 radical (unpaired) electrons. The van der Waals surface area contributed by atoms with Gasteiger partial charge in [0.2, 0.25) is 11.8 Å². The average Bonchev–Trinajstić information content (AvgIpc) is 0.790. The molecule has 0 atom stereocenters. The molecule has 0 aliphatic heterocycles. The highest BCUT2D eigenvalue weighted by molar-refractivity contribution is 8.00. The van der Waals surface area contributed by atoms with E-state index in [0.29, 0.717) is 140 Å². The highest BCUT2D eigenvalue weighted by Crippen LogP contribution is 2.46. The van der Waals surface area contributed by atoms with Crippen molar-refractivity contribution in [2.75, 3.05) is 120 Å². The molecule has 0 saturated carbocycles. The van der Waals surface area contributed by atoms with Gasteiger partial charge in [-0.05, 0) is 142 Å². The van der Waals surface area contributed by atoms with Crippen LogP contribution in [-0.2, 0) is 31.2 Å². The van der Waals surface area contributed by atoms with Gasteiger partial charge in [0.05, 0.1) is 89.3 Å². The van der Waals surface area contributed by atoms with Crippen LogP contribution in [0, 0.1) is 0 Å². The molecule has 38 N–H and O–H groups in total. The highest BCUT2D eigenvalue weighted by Gasteiger charge is 2.30. The number of nitrogens with zero attached hydrogens (tertiary/aromatic N) is 6. The second kappa shape index (κ2) is 49.2. The summed E-state index contributed by atoms with van der Waals surface area (Å²) in [5, 5.41) is 18.3. The first-order valence-corrected chi connectivity index (χ1v) is 44.1. The monoisotopic (exact) mass is 1780 g/mol. The number of nitrogens with one attached hydrogen (secondary N) is 6. The highest BCUT2D eigenvalue weighted by atomic mass is 32.2. The third-order valence-electron chi connectivity index (χ3n) is 17.7. The van der Waals surface area contributed by atoms with Gasteiger partial charge in [-0.15, -0.1) is 47.0 Å². The van der Waals surface area contributed by atoms with Crippen molar-refractivity contribution in [3.63, 3.8) is 0 Å². The Morgan fingerprint density at radius 3 is 0.935 bits per heavy atom. The number of rotatable bonds is 42. The molecule has 0 aromatic heterocycles. The van der Waals surface area contributed by atoms with E-state index in [1.165, 1.54) is 65.2 Å². The standard InChI is InChI=1S/C46H70N16O4S2.C38H58N12O4S2/c1-45(2,3)29-23-31(59-35(63)14-7-9-16-55-41(47)48)37(67-20-18-57-43(51)52)33(25-29)61-39(65)27-12-11-13-28(22-27)40(66)62-34-26-30(46(4,5)6)24-32(38(34)68-21-19-58-44(53)54)60-36(64)15-8-10-17-56-42(49)50;1-37(2,3)21-15-25(31(55-13-9-41)27(17-21)49-35(43)44)47-33(51)23-19-24(30(54-12-8-40)20-29(23)53-11-7-39)34(52)48-26-16-22(38(4,5)6)18-28(50-36(45)46)32(26)56-14-10-42/h11-13,22-26H,7-10,14-21H2,1-6H3,(H,59,63)(H,60,64)(H,61,65)(H,62,66)(H4,47,48,55)(H4,49,50,56)(H4,51,52,57)(H4,53,54,58);15-20H,7-14,39-42H2,1-6H3,(H,47,51)(H,48,52)(H4,43,44,49)(H4,45,46,50). The number of unbranched alkanes of at least 4 members (excludes halogenated alkanes) is 2. The summed E-state index contributed by atoms with van der Waals surface area (Å²) in [4.78, 5) is 111. The van der Waals surface area contributed by atoms with E-state index < -0.39 is 23.6 Å². The van der Waals surface area contributed by atoms with E-state index in [0.717, 1.165) is 22.3 Å². The molecule has 0 unspecified atom stereocenters. The maximum Gasteiger partial charge on any atom is 0.259 e. The van der Waals surface area contributed by atoms with Gasteiger partial charge in [0.25, 0.3) is 23.6 Å². The number of amides is 6. The summed E-state index contributed by atoms with van der Waals surface area (Å²) in [6.45, 7) is 26.9. The zero-order valence-corrected chi connectivity index (χ0v) is 76.3. The van der Waals surface area contributed by atoms with E-state index >= 15 is 0 Å². The van der Waals surface area contributed by atoms with Gasteiger partial charge in [-0.1, -0.05) is 89.2 Å². The average molecular weight is 1790 g/mol. The second-order valence-corrected chi connectivity index (χ2v) is 36.8. The minimum absolute atomic E-state index is 0.00817. The molecule has 6 aromatic carbocycles. The molecular formula is C84H128N28O8S4. The Morgan fingerprint density at radius 1 is 0.331 bits per heavy atom. The van der Waals surface area contributed by atoms with Crippen molar-refractivity contribution >= 4 is 164 Å². The number of carbonyl (C=O) groups is 6. The molecule has 0 heterocycles. The van der Waals surface area contributed by atoms with Crippen LogP contribution in [0.2, 0.25) is 0 Å². The summed E-state index contributed by atoms with van der Waals surface area (Å²) in [5.74, 6) is -0.912. The topological polar surface area (TPSA) is 684 Å². The first-order valence-electron chi connectivity index (χ1n) is 40.1. The summed E-state index contributed by atoms with van der Waals surface area (Å²) in [6.07, 6.45) is 2.74. The van der Waals surface area contributed by atoms with Crippen LogP contribution in [0.15, 0.2) is 134 Å². The number of thioether (sulfide) groups is 4. The Bertz CT molecular complexity index is 4580. The molecule has 0 aliphatic carbocycles. The normalized spacial score (nSPS) is 11.3. The minimum Gasteiger partial charge on any atom is -0.491 e. The number of aliphatic imine (C=N–C) groups is 6. The summed E-state index contributed by atoms with van der Waals surface area (Å²) >= 11 is 5.51. The number of hydrogen-bond donors (Lipinski definition) is 22. The molecule has 676 valence electrons. The lowest BCUT2D eigenvalue weighted by Crippen LogP contribution is -2.23. The number of ether oxygens (including phenoxy) is 2. The van der Waals surface area contributed by atoms with Crippen LogP contribution in [0.5, 0.6) is 11.5 Å². The second-order valence-electron chi connectivity index (χ2n) is 32.3. The Hall–Kier alpha value is -11.4. The van der Waals surface area contributed by atoms with Crippen LogP contribution in [-0.4, -0.2) is 160 Å². The summed E-state index contributed by atoms with van der Waals surface area (Å²) < 4.78 is 12.0. The van der Waals surface area contributed by atoms with E-state index in [9.17, 15) is 28.8 Å². The van der Waals surface area contributed by atoms with Crippen molar-refractivity contribution < 1.29 is 38.2 Å². The van der Waals surface area contributed by atoms with Crippen LogP contribution in [0.25, 0.3) is 0 Å². The number of carbonyl (C=O) groups excluding carboxylic acids is 6. The first kappa shape index (κ1) is 103. The lowest BCUT2D eigenvalue weighted by atomic mass is 9.86. The number of anilines is 6. The minimum atomic E-state index is -0.586. The largest absolute Gasteiger partial charge is 0.491 e. The third-order valence-corrected chi connectivity index (χ3v) is 22.3. The first-order chi connectivity index (χ1) is 58.3. The van der Waals surface area contributed by atoms with Gasteiger partial charge in [-0.25, -0.2) is 9.98 Å². The maximum atomic E-state index is 14.5. The number of nitrogens with two attached hydrogens (primary N) is 16. The smallest absolute Gasteiger partial charge is 0.259 e. The lowest BCUT2D eigenvalue weighted by Gasteiger charge is -2.25. The lowest BCUT2D eigenvalue weighted by molar-refractivity contribution is -0.117. The third kappa shape index (κ3) is 34.4. The van der Waals surface area contributed by atoms with Crippen molar-refractivity contribution in [2.45, 2.75) is 163 Å². The van der Waals surface area contributed by atoms with Gasteiger partial charge < -0.3 is 133 Å². The molecule has 36 nitrogen and oxygen atoms in total. The van der Waals surface area contributed by atoms with Crippen molar-refractivity contribution in [2.24, 2.45) is 122 Å². The number of benzene rings is 6. The molecular weight excluding hydrogens is 1660 g/mol. The number of guanidine groups is 6. The van der Waals surface area contributed by atoms with E-state index in [-0.39, 0.29) is 155 Å². The fourth-order valence-corrected chi connectivity index (χ4v) is 15.0. The molecule has 124 heavy (non-hydrogen) atoms. The molecule has 6 amide bonds. The Kier molecular flexibility index (Phi) is 40.9. The van der Waals surface area contributed by atoms with Gasteiger partial charge in [-0.2, -0.15) is 0 Å². The molecule has 6 aromatic rings. The number of hydrogen-bond acceptors (Lipinski definition) is 22. The zero-order valence-electron chi connectivity index (χ0n) is 73.0. The molecule has 0 bridgehead atoms. The van der Waals surface area contributed by atoms with Crippen molar-refractivity contribution in [1.29, 1.82) is 0 Å². The van der Waals surface area contributed by atoms with Crippen molar-refractivity contribution in [3.05, 3.63) is 129 Å². The fraction of sp³-hybridized carbons (Fsp3) is 0.429. The molecule has 0 saturated heterocycles. The van der Waals surface area contributed by atoms with Crippen LogP contribution in [0.1, 0.15) is 185 Å². The van der Waals surface area contributed by atoms with Crippen LogP contribution >= 0.6 is 47.0 Å². The van der Waals surface area contributed by atoms with Crippen LogP contribution < -0.4 is 133 Å². The molecule has 0 spiro atoms. The SMILES string of the molecule is CC(C)(C)c1cc(N=C(N)N)c(SCCN)c(NC(=O)c2cc(C(=O)Nc3cc(C(C)(C)C)cc(N=C(N)N)c3SCCN)c(OCCN)cc2OCCN)c1.CC(C)(C)c1cc(NC(=O)CCCCN=C(N)N)c(SCCN=C(N)N)c(NC(=O)c2cccc(C(=O)Nc3cc(C(C)(C)C)cc(NC(=O)CCCCN=C(N)N)c3SCCN=C(N)N)c2)c1. The summed E-state index contributed by atoms with van der Waals surface area (Å²) in [7, 11) is 0.